The van der Waals surface area contributed by atoms with E-state index >= 15 is 0 Å². The van der Waals surface area contributed by atoms with Crippen LogP contribution in [-0.2, 0) is 9.63 Å². The predicted octanol–water partition coefficient (Wildman–Crippen LogP) is 2.80. The van der Waals surface area contributed by atoms with Gasteiger partial charge in [0.15, 0.2) is 0 Å². The normalized spacial score (nSPS) is 21.8. The minimum absolute atomic E-state index is 0.272. The molecule has 1 fully saturated rings. The highest BCUT2D eigenvalue weighted by molar-refractivity contribution is 5.91. The van der Waals surface area contributed by atoms with Crippen LogP contribution in [0.15, 0.2) is 35.5 Å². The van der Waals surface area contributed by atoms with Crippen LogP contribution in [0.4, 0.5) is 0 Å². The third-order valence-corrected chi connectivity index (χ3v) is 3.15. The van der Waals surface area contributed by atoms with E-state index in [2.05, 4.69) is 17.3 Å². The lowest BCUT2D eigenvalue weighted by atomic mass is 9.82. The first kappa shape index (κ1) is 12.6. The number of oxime groups is 1. The van der Waals surface area contributed by atoms with E-state index in [1.807, 2.05) is 18.2 Å². The Morgan fingerprint density at radius 3 is 2.83 bits per heavy atom. The molecule has 0 heterocycles. The molecule has 4 nitrogen and oxygen atoms in total. The average molecular weight is 247 g/mol. The lowest BCUT2D eigenvalue weighted by molar-refractivity contribution is -0.142. The van der Waals surface area contributed by atoms with Crippen LogP contribution in [0, 0.1) is 0 Å². The molecule has 1 saturated carbocycles. The maximum Gasteiger partial charge on any atom is 0.344 e. The molecule has 0 spiro atoms. The number of hydrogen-bond acceptors (Lipinski definition) is 3. The summed E-state index contributed by atoms with van der Waals surface area (Å²) in [6.45, 7) is -0.370. The number of hydrogen-bond donors (Lipinski definition) is 1. The summed E-state index contributed by atoms with van der Waals surface area (Å²) < 4.78 is 0. The molecule has 0 radical (unpaired) electrons. The number of carboxylic acid groups (broad SMARTS) is 1. The second-order valence-electron chi connectivity index (χ2n) is 4.46. The Bertz CT molecular complexity index is 428. The van der Waals surface area contributed by atoms with Crippen LogP contribution in [-0.4, -0.2) is 23.4 Å². The first-order chi connectivity index (χ1) is 8.77. The van der Waals surface area contributed by atoms with Gasteiger partial charge in [-0.3, -0.25) is 0 Å². The van der Waals surface area contributed by atoms with Crippen molar-refractivity contribution in [3.05, 3.63) is 35.9 Å². The van der Waals surface area contributed by atoms with E-state index < -0.39 is 5.97 Å². The summed E-state index contributed by atoms with van der Waals surface area (Å²) in [5, 5.41) is 12.5. The monoisotopic (exact) mass is 247 g/mol. The second kappa shape index (κ2) is 6.19. The van der Waals surface area contributed by atoms with Crippen molar-refractivity contribution < 1.29 is 14.7 Å². The molecule has 18 heavy (non-hydrogen) atoms. The highest BCUT2D eigenvalue weighted by atomic mass is 16.6. The molecule has 0 bridgehead atoms. The van der Waals surface area contributed by atoms with Crippen LogP contribution in [0.2, 0.25) is 0 Å². The fourth-order valence-electron chi connectivity index (χ4n) is 2.32. The van der Waals surface area contributed by atoms with E-state index in [9.17, 15) is 4.79 Å². The van der Waals surface area contributed by atoms with Crippen molar-refractivity contribution in [1.29, 1.82) is 0 Å². The molecule has 1 aliphatic carbocycles. The minimum atomic E-state index is -0.994. The van der Waals surface area contributed by atoms with Crippen LogP contribution in [0.5, 0.6) is 0 Å². The van der Waals surface area contributed by atoms with Crippen molar-refractivity contribution in [2.45, 2.75) is 31.6 Å². The first-order valence-corrected chi connectivity index (χ1v) is 6.23. The van der Waals surface area contributed by atoms with Gasteiger partial charge >= 0.3 is 5.97 Å². The van der Waals surface area contributed by atoms with E-state index in [4.69, 9.17) is 9.94 Å². The van der Waals surface area contributed by atoms with E-state index in [0.29, 0.717) is 0 Å². The molecule has 1 N–H and O–H groups in total. The molecule has 4 heteroatoms. The van der Waals surface area contributed by atoms with Gasteiger partial charge in [0, 0.05) is 5.92 Å². The van der Waals surface area contributed by atoms with E-state index in [-0.39, 0.29) is 12.5 Å². The maximum absolute atomic E-state index is 10.4. The van der Waals surface area contributed by atoms with Gasteiger partial charge in [-0.25, -0.2) is 4.79 Å². The number of rotatable bonds is 4. The summed E-state index contributed by atoms with van der Waals surface area (Å²) in [6.07, 6.45) is 4.22. The molecule has 0 saturated heterocycles. The van der Waals surface area contributed by atoms with E-state index in [1.54, 1.807) is 0 Å². The minimum Gasteiger partial charge on any atom is -0.479 e. The van der Waals surface area contributed by atoms with Crippen LogP contribution in [0.1, 0.15) is 37.2 Å². The van der Waals surface area contributed by atoms with Gasteiger partial charge in [0.25, 0.3) is 0 Å². The number of nitrogens with zero attached hydrogens (tertiary/aromatic N) is 1. The molecule has 1 aromatic rings. The van der Waals surface area contributed by atoms with Crippen molar-refractivity contribution in [2.24, 2.45) is 5.16 Å². The topological polar surface area (TPSA) is 58.9 Å². The van der Waals surface area contributed by atoms with Gasteiger partial charge in [0.2, 0.25) is 6.61 Å². The fraction of sp³-hybridized carbons (Fsp3) is 0.429. The summed E-state index contributed by atoms with van der Waals surface area (Å²) >= 11 is 0. The molecule has 0 aliphatic heterocycles. The summed E-state index contributed by atoms with van der Waals surface area (Å²) in [6, 6.07) is 10.2. The lowest BCUT2D eigenvalue weighted by Gasteiger charge is -2.23. The molecule has 1 unspecified atom stereocenters. The number of carbonyl (C=O) groups is 1. The second-order valence-corrected chi connectivity index (χ2v) is 4.46. The highest BCUT2D eigenvalue weighted by Crippen LogP contribution is 2.30. The molecule has 96 valence electrons. The highest BCUT2D eigenvalue weighted by Gasteiger charge is 2.22. The van der Waals surface area contributed by atoms with Crippen LogP contribution in [0.3, 0.4) is 0 Å². The van der Waals surface area contributed by atoms with Gasteiger partial charge in [-0.1, -0.05) is 41.9 Å². The van der Waals surface area contributed by atoms with Crippen molar-refractivity contribution in [3.8, 4) is 0 Å². The predicted molar refractivity (Wildman–Crippen MR) is 68.7 cm³/mol. The zero-order valence-corrected chi connectivity index (χ0v) is 10.2. The smallest absolute Gasteiger partial charge is 0.344 e. The third-order valence-electron chi connectivity index (χ3n) is 3.15. The van der Waals surface area contributed by atoms with Crippen molar-refractivity contribution in [1.82, 2.24) is 0 Å². The standard InChI is InChI=1S/C14H17NO3/c16-14(17)10-18-15-13-9-5-4-8-12(13)11-6-2-1-3-7-11/h1-3,6-7,12H,4-5,8-10H2,(H,16,17)/b15-13-. The molecular formula is C14H17NO3. The SMILES string of the molecule is O=C(O)CO/N=C1/CCCCC1c1ccccc1. The Labute approximate surface area is 106 Å². The quantitative estimate of drug-likeness (QED) is 0.832. The summed E-state index contributed by atoms with van der Waals surface area (Å²) in [4.78, 5) is 15.3. The molecule has 1 aromatic carbocycles. The Morgan fingerprint density at radius 2 is 2.11 bits per heavy atom. The molecule has 2 rings (SSSR count). The van der Waals surface area contributed by atoms with Crippen molar-refractivity contribution >= 4 is 11.7 Å². The van der Waals surface area contributed by atoms with Crippen LogP contribution in [0.25, 0.3) is 0 Å². The first-order valence-electron chi connectivity index (χ1n) is 6.23. The van der Waals surface area contributed by atoms with E-state index in [0.717, 1.165) is 25.0 Å². The van der Waals surface area contributed by atoms with E-state index in [1.165, 1.54) is 12.0 Å². The van der Waals surface area contributed by atoms with Crippen LogP contribution < -0.4 is 0 Å². The Balaban J connectivity index is 2.08. The number of aliphatic carboxylic acids is 1. The van der Waals surface area contributed by atoms with Gasteiger partial charge in [-0.05, 0) is 24.8 Å². The summed E-state index contributed by atoms with van der Waals surface area (Å²) in [5.41, 5.74) is 2.20. The largest absolute Gasteiger partial charge is 0.479 e. The molecule has 1 atom stereocenters. The van der Waals surface area contributed by atoms with Gasteiger partial charge in [-0.15, -0.1) is 0 Å². The molecule has 1 aliphatic rings. The summed E-state index contributed by atoms with van der Waals surface area (Å²) in [5.74, 6) is -0.722. The lowest BCUT2D eigenvalue weighted by Crippen LogP contribution is -2.18. The fourth-order valence-corrected chi connectivity index (χ4v) is 2.32. The maximum atomic E-state index is 10.4. The van der Waals surface area contributed by atoms with Gasteiger partial charge < -0.3 is 9.94 Å². The van der Waals surface area contributed by atoms with Crippen molar-refractivity contribution in [2.75, 3.05) is 6.61 Å². The van der Waals surface area contributed by atoms with Crippen LogP contribution >= 0.6 is 0 Å². The zero-order valence-electron chi connectivity index (χ0n) is 10.2. The zero-order chi connectivity index (χ0) is 12.8. The molecule has 0 aromatic heterocycles. The average Bonchev–Trinajstić information content (AvgIpc) is 2.40. The Kier molecular flexibility index (Phi) is 4.34. The molecule has 0 amide bonds. The Hall–Kier alpha value is -1.84. The van der Waals surface area contributed by atoms with Gasteiger partial charge in [-0.2, -0.15) is 0 Å². The summed E-state index contributed by atoms with van der Waals surface area (Å²) in [7, 11) is 0. The Morgan fingerprint density at radius 1 is 1.33 bits per heavy atom. The van der Waals surface area contributed by atoms with Crippen molar-refractivity contribution in [3.63, 3.8) is 0 Å². The van der Waals surface area contributed by atoms with Gasteiger partial charge in [0.1, 0.15) is 0 Å². The number of benzene rings is 1. The third kappa shape index (κ3) is 3.32. The number of carboxylic acids is 1. The molecular weight excluding hydrogens is 230 g/mol. The van der Waals surface area contributed by atoms with Gasteiger partial charge in [0.05, 0.1) is 5.71 Å².